The van der Waals surface area contributed by atoms with Crippen LogP contribution in [0.15, 0.2) is 24.3 Å². The van der Waals surface area contributed by atoms with Crippen molar-refractivity contribution in [2.24, 2.45) is 11.3 Å². The summed E-state index contributed by atoms with van der Waals surface area (Å²) in [5, 5.41) is 0. The first kappa shape index (κ1) is 9.33. The Hall–Kier alpha value is -0.760. The molecule has 1 aliphatic carbocycles. The minimum Gasteiger partial charge on any atom is -0.347 e. The van der Waals surface area contributed by atoms with E-state index in [2.05, 4.69) is 4.29 Å². The Kier molecular flexibility index (Phi) is 2.58. The molecule has 0 N–H and O–H groups in total. The van der Waals surface area contributed by atoms with Crippen molar-refractivity contribution in [3.05, 3.63) is 24.3 Å². The zero-order chi connectivity index (χ0) is 9.19. The van der Waals surface area contributed by atoms with Gasteiger partial charge in [0.15, 0.2) is 0 Å². The van der Waals surface area contributed by atoms with E-state index in [0.717, 1.165) is 0 Å². The summed E-state index contributed by atoms with van der Waals surface area (Å²) >= 11 is 5.03. The normalized spacial score (nSPS) is 33.4. The average molecular weight is 187 g/mol. The summed E-state index contributed by atoms with van der Waals surface area (Å²) in [7, 11) is 0. The van der Waals surface area contributed by atoms with Crippen LogP contribution in [0.5, 0.6) is 0 Å². The molecular weight excluding hydrogens is 176 g/mol. The molecule has 0 heterocycles. The first-order valence-corrected chi connectivity index (χ1v) is 4.11. The molecule has 0 aromatic heterocycles. The van der Waals surface area contributed by atoms with Gasteiger partial charge in [-0.15, -0.1) is 0 Å². The molecule has 0 saturated carbocycles. The monoisotopic (exact) mass is 186 g/mol. The fourth-order valence-corrected chi connectivity index (χ4v) is 1.34. The SMILES string of the molecule is CC1C=CC=CC1(C)C(=O)OCl. The van der Waals surface area contributed by atoms with Gasteiger partial charge >= 0.3 is 5.97 Å². The van der Waals surface area contributed by atoms with Crippen molar-refractivity contribution in [2.75, 3.05) is 0 Å². The maximum atomic E-state index is 11.3. The highest BCUT2D eigenvalue weighted by molar-refractivity contribution is 6.14. The molecule has 3 heteroatoms. The van der Waals surface area contributed by atoms with Crippen LogP contribution >= 0.6 is 11.9 Å². The molecule has 0 aliphatic heterocycles. The molecule has 0 saturated heterocycles. The highest BCUT2D eigenvalue weighted by Gasteiger charge is 2.37. The standard InChI is InChI=1S/C9H11ClO2/c1-7-5-3-4-6-9(7,2)8(11)12-10/h3-7H,1-2H3. The number of allylic oxidation sites excluding steroid dienone is 3. The maximum Gasteiger partial charge on any atom is 0.334 e. The van der Waals surface area contributed by atoms with Crippen LogP contribution in [0.3, 0.4) is 0 Å². The van der Waals surface area contributed by atoms with E-state index in [4.69, 9.17) is 11.9 Å². The Morgan fingerprint density at radius 3 is 2.75 bits per heavy atom. The van der Waals surface area contributed by atoms with E-state index in [1.165, 1.54) is 0 Å². The smallest absolute Gasteiger partial charge is 0.334 e. The van der Waals surface area contributed by atoms with Crippen molar-refractivity contribution in [2.45, 2.75) is 13.8 Å². The molecule has 0 aromatic carbocycles. The summed E-state index contributed by atoms with van der Waals surface area (Å²) in [4.78, 5) is 11.3. The minimum atomic E-state index is -0.615. The number of halogens is 1. The van der Waals surface area contributed by atoms with E-state index in [0.29, 0.717) is 0 Å². The van der Waals surface area contributed by atoms with Crippen molar-refractivity contribution >= 4 is 17.8 Å². The molecule has 0 amide bonds. The van der Waals surface area contributed by atoms with E-state index >= 15 is 0 Å². The number of hydrogen-bond donors (Lipinski definition) is 0. The summed E-state index contributed by atoms with van der Waals surface area (Å²) in [6.07, 6.45) is 7.50. The van der Waals surface area contributed by atoms with Crippen molar-refractivity contribution in [3.63, 3.8) is 0 Å². The Morgan fingerprint density at radius 1 is 1.58 bits per heavy atom. The zero-order valence-electron chi connectivity index (χ0n) is 7.08. The van der Waals surface area contributed by atoms with Crippen LogP contribution in [0.2, 0.25) is 0 Å². The van der Waals surface area contributed by atoms with E-state index in [9.17, 15) is 4.79 Å². The molecule has 2 atom stereocenters. The van der Waals surface area contributed by atoms with Crippen LogP contribution in [-0.4, -0.2) is 5.97 Å². The maximum absolute atomic E-state index is 11.3. The molecule has 0 bridgehead atoms. The van der Waals surface area contributed by atoms with Gasteiger partial charge in [0.2, 0.25) is 0 Å². The molecular formula is C9H11ClO2. The van der Waals surface area contributed by atoms with Crippen LogP contribution in [0, 0.1) is 11.3 Å². The van der Waals surface area contributed by atoms with Crippen molar-refractivity contribution in [3.8, 4) is 0 Å². The van der Waals surface area contributed by atoms with Crippen LogP contribution in [0.25, 0.3) is 0 Å². The van der Waals surface area contributed by atoms with Crippen LogP contribution < -0.4 is 0 Å². The van der Waals surface area contributed by atoms with Gasteiger partial charge in [0.05, 0.1) is 5.41 Å². The zero-order valence-corrected chi connectivity index (χ0v) is 7.84. The van der Waals surface area contributed by atoms with Crippen molar-refractivity contribution < 1.29 is 9.08 Å². The number of carbonyl (C=O) groups excluding carboxylic acids is 1. The van der Waals surface area contributed by atoms with Crippen LogP contribution in [0.4, 0.5) is 0 Å². The lowest BCUT2D eigenvalue weighted by Gasteiger charge is -2.28. The van der Waals surface area contributed by atoms with E-state index in [1.807, 2.05) is 38.2 Å². The lowest BCUT2D eigenvalue weighted by atomic mass is 9.75. The van der Waals surface area contributed by atoms with Gasteiger partial charge in [0.25, 0.3) is 0 Å². The molecule has 66 valence electrons. The molecule has 0 spiro atoms. The summed E-state index contributed by atoms with van der Waals surface area (Å²) in [6, 6.07) is 0. The predicted octanol–water partition coefficient (Wildman–Crippen LogP) is 2.45. The van der Waals surface area contributed by atoms with Gasteiger partial charge < -0.3 is 4.29 Å². The largest absolute Gasteiger partial charge is 0.347 e. The molecule has 1 aliphatic rings. The van der Waals surface area contributed by atoms with Gasteiger partial charge in [0, 0.05) is 0 Å². The molecule has 2 nitrogen and oxygen atoms in total. The summed E-state index contributed by atoms with van der Waals surface area (Å²) in [5.41, 5.74) is -0.615. The van der Waals surface area contributed by atoms with Crippen LogP contribution in [-0.2, 0) is 9.08 Å². The third-order valence-electron chi connectivity index (χ3n) is 2.41. The Morgan fingerprint density at radius 2 is 2.25 bits per heavy atom. The molecule has 12 heavy (non-hydrogen) atoms. The fraction of sp³-hybridized carbons (Fsp3) is 0.444. The fourth-order valence-electron chi connectivity index (χ4n) is 1.17. The highest BCUT2D eigenvalue weighted by Crippen LogP contribution is 2.34. The lowest BCUT2D eigenvalue weighted by molar-refractivity contribution is -0.143. The first-order chi connectivity index (χ1) is 5.61. The molecule has 2 unspecified atom stereocenters. The average Bonchev–Trinajstić information content (AvgIpc) is 2.09. The Labute approximate surface area is 77.0 Å². The third kappa shape index (κ3) is 1.39. The lowest BCUT2D eigenvalue weighted by Crippen LogP contribution is -2.33. The second-order valence-electron chi connectivity index (χ2n) is 3.18. The Balaban J connectivity index is 2.90. The van der Waals surface area contributed by atoms with Crippen LogP contribution in [0.1, 0.15) is 13.8 Å². The summed E-state index contributed by atoms with van der Waals surface area (Å²) < 4.78 is 4.21. The van der Waals surface area contributed by atoms with E-state index in [-0.39, 0.29) is 5.92 Å². The van der Waals surface area contributed by atoms with Gasteiger partial charge in [-0.25, -0.2) is 4.79 Å². The van der Waals surface area contributed by atoms with E-state index in [1.54, 1.807) is 0 Å². The van der Waals surface area contributed by atoms with Gasteiger partial charge in [-0.05, 0) is 12.8 Å². The number of hydrogen-bond acceptors (Lipinski definition) is 2. The second-order valence-corrected chi connectivity index (χ2v) is 3.33. The Bertz CT molecular complexity index is 245. The molecule has 0 aromatic rings. The number of carbonyl (C=O) groups is 1. The van der Waals surface area contributed by atoms with Gasteiger partial charge in [-0.3, -0.25) is 0 Å². The highest BCUT2D eigenvalue weighted by atomic mass is 35.5. The van der Waals surface area contributed by atoms with Gasteiger partial charge in [-0.1, -0.05) is 31.2 Å². The van der Waals surface area contributed by atoms with Gasteiger partial charge in [-0.2, -0.15) is 0 Å². The topological polar surface area (TPSA) is 26.3 Å². The van der Waals surface area contributed by atoms with Crippen molar-refractivity contribution in [1.29, 1.82) is 0 Å². The third-order valence-corrected chi connectivity index (χ3v) is 2.55. The van der Waals surface area contributed by atoms with Gasteiger partial charge in [0.1, 0.15) is 11.9 Å². The van der Waals surface area contributed by atoms with E-state index < -0.39 is 11.4 Å². The summed E-state index contributed by atoms with van der Waals surface area (Å²) in [5.74, 6) is -0.286. The molecule has 0 radical (unpaired) electrons. The first-order valence-electron chi connectivity index (χ1n) is 3.80. The molecule has 1 rings (SSSR count). The van der Waals surface area contributed by atoms with Crippen molar-refractivity contribution in [1.82, 2.24) is 0 Å². The quantitative estimate of drug-likeness (QED) is 0.629. The number of rotatable bonds is 1. The minimum absolute atomic E-state index is 0.119. The second kappa shape index (κ2) is 3.31. The predicted molar refractivity (Wildman–Crippen MR) is 47.5 cm³/mol. The summed E-state index contributed by atoms with van der Waals surface area (Å²) in [6.45, 7) is 3.76. The molecule has 0 fully saturated rings.